The molecule has 6 nitrogen and oxygen atoms in total. The third kappa shape index (κ3) is 5.92. The van der Waals surface area contributed by atoms with Crippen LogP contribution in [0.1, 0.15) is 57.5 Å². The number of likely N-dealkylation sites (tertiary alicyclic amines) is 1. The van der Waals surface area contributed by atoms with Crippen LogP contribution in [0, 0.1) is 6.92 Å². The third-order valence-corrected chi connectivity index (χ3v) is 5.33. The number of aryl methyl sites for hydroxylation is 1. The predicted octanol–water partition coefficient (Wildman–Crippen LogP) is 3.06. The number of piperidine rings is 1. The highest BCUT2D eigenvalue weighted by Crippen LogP contribution is 2.14. The van der Waals surface area contributed by atoms with Crippen LogP contribution in [0.25, 0.3) is 0 Å². The summed E-state index contributed by atoms with van der Waals surface area (Å²) in [4.78, 5) is 38.8. The molecule has 6 heteroatoms. The second kappa shape index (κ2) is 10.6. The van der Waals surface area contributed by atoms with Crippen molar-refractivity contribution in [3.63, 3.8) is 0 Å². The first-order valence-corrected chi connectivity index (χ1v) is 10.5. The molecule has 30 heavy (non-hydrogen) atoms. The van der Waals surface area contributed by atoms with E-state index in [1.54, 1.807) is 6.07 Å². The highest BCUT2D eigenvalue weighted by atomic mass is 16.2. The van der Waals surface area contributed by atoms with E-state index in [-0.39, 0.29) is 30.7 Å². The minimum Gasteiger partial charge on any atom is -0.352 e. The van der Waals surface area contributed by atoms with Crippen molar-refractivity contribution >= 4 is 17.7 Å². The lowest BCUT2D eigenvalue weighted by molar-refractivity contribution is -0.121. The normalized spacial score (nSPS) is 13.6. The van der Waals surface area contributed by atoms with E-state index in [1.165, 1.54) is 6.42 Å². The maximum Gasteiger partial charge on any atom is 0.253 e. The summed E-state index contributed by atoms with van der Waals surface area (Å²) in [6.45, 7) is 4.13. The van der Waals surface area contributed by atoms with Crippen LogP contribution >= 0.6 is 0 Å². The van der Waals surface area contributed by atoms with E-state index in [0.717, 1.165) is 37.1 Å². The molecule has 158 valence electrons. The predicted molar refractivity (Wildman–Crippen MR) is 116 cm³/mol. The maximum atomic E-state index is 12.6. The smallest absolute Gasteiger partial charge is 0.253 e. The molecule has 0 saturated carbocycles. The van der Waals surface area contributed by atoms with Gasteiger partial charge in [0.2, 0.25) is 5.91 Å². The SMILES string of the molecule is Cc1ccccc1C(=O)NCCC(=O)NCc1cccc(C(=O)N2CCCCC2)c1. The molecule has 0 unspecified atom stereocenters. The van der Waals surface area contributed by atoms with Crippen LogP contribution in [0.3, 0.4) is 0 Å². The topological polar surface area (TPSA) is 78.5 Å². The summed E-state index contributed by atoms with van der Waals surface area (Å²) in [5, 5.41) is 5.63. The van der Waals surface area contributed by atoms with Crippen molar-refractivity contribution < 1.29 is 14.4 Å². The third-order valence-electron chi connectivity index (χ3n) is 5.33. The zero-order chi connectivity index (χ0) is 21.3. The summed E-state index contributed by atoms with van der Waals surface area (Å²) in [5.41, 5.74) is 3.07. The molecule has 1 aliphatic rings. The average molecular weight is 408 g/mol. The maximum absolute atomic E-state index is 12.6. The van der Waals surface area contributed by atoms with Crippen LogP contribution in [-0.4, -0.2) is 42.3 Å². The van der Waals surface area contributed by atoms with Crippen LogP contribution in [-0.2, 0) is 11.3 Å². The largest absolute Gasteiger partial charge is 0.352 e. The molecule has 2 aromatic rings. The number of nitrogens with zero attached hydrogens (tertiary/aromatic N) is 1. The monoisotopic (exact) mass is 407 g/mol. The molecule has 1 fully saturated rings. The van der Waals surface area contributed by atoms with Crippen LogP contribution in [0.5, 0.6) is 0 Å². The minimum atomic E-state index is -0.176. The molecular formula is C24H29N3O3. The molecule has 1 saturated heterocycles. The van der Waals surface area contributed by atoms with Crippen LogP contribution in [0.2, 0.25) is 0 Å². The van der Waals surface area contributed by atoms with Gasteiger partial charge < -0.3 is 15.5 Å². The molecule has 0 aliphatic carbocycles. The standard InChI is InChI=1S/C24H29N3O3/c1-18-8-3-4-11-21(18)23(29)25-13-12-22(28)26-17-19-9-7-10-20(16-19)24(30)27-14-5-2-6-15-27/h3-4,7-11,16H,2,5-6,12-15,17H2,1H3,(H,25,29)(H,26,28). The van der Waals surface area contributed by atoms with Gasteiger partial charge in [-0.1, -0.05) is 30.3 Å². The molecule has 0 radical (unpaired) electrons. The van der Waals surface area contributed by atoms with Gasteiger partial charge in [-0.05, 0) is 55.5 Å². The summed E-state index contributed by atoms with van der Waals surface area (Å²) in [6.07, 6.45) is 3.50. The molecule has 1 aliphatic heterocycles. The first-order chi connectivity index (χ1) is 14.5. The number of carbonyl (C=O) groups is 3. The molecule has 1 heterocycles. The highest BCUT2D eigenvalue weighted by Gasteiger charge is 2.18. The Morgan fingerprint density at radius 3 is 2.47 bits per heavy atom. The van der Waals surface area contributed by atoms with Gasteiger partial charge in [0.05, 0.1) is 0 Å². The number of rotatable bonds is 7. The molecule has 0 spiro atoms. The summed E-state index contributed by atoms with van der Waals surface area (Å²) >= 11 is 0. The van der Waals surface area contributed by atoms with E-state index in [2.05, 4.69) is 10.6 Å². The van der Waals surface area contributed by atoms with Crippen LogP contribution in [0.4, 0.5) is 0 Å². The van der Waals surface area contributed by atoms with E-state index in [1.807, 2.05) is 54.3 Å². The Morgan fingerprint density at radius 2 is 1.70 bits per heavy atom. The second-order valence-electron chi connectivity index (χ2n) is 7.65. The van der Waals surface area contributed by atoms with E-state index in [4.69, 9.17) is 0 Å². The molecule has 0 bridgehead atoms. The Labute approximate surface area is 177 Å². The van der Waals surface area contributed by atoms with E-state index in [9.17, 15) is 14.4 Å². The molecule has 0 atom stereocenters. The van der Waals surface area contributed by atoms with Crippen molar-refractivity contribution in [2.45, 2.75) is 39.2 Å². The number of nitrogens with one attached hydrogen (secondary N) is 2. The lowest BCUT2D eigenvalue weighted by atomic mass is 10.1. The molecule has 2 aromatic carbocycles. The molecule has 3 rings (SSSR count). The molecule has 3 amide bonds. The van der Waals surface area contributed by atoms with E-state index >= 15 is 0 Å². The van der Waals surface area contributed by atoms with Crippen molar-refractivity contribution in [2.24, 2.45) is 0 Å². The number of benzene rings is 2. The summed E-state index contributed by atoms with van der Waals surface area (Å²) in [5.74, 6) is -0.264. The lowest BCUT2D eigenvalue weighted by Crippen LogP contribution is -2.35. The Balaban J connectivity index is 1.44. The molecule has 2 N–H and O–H groups in total. The van der Waals surface area contributed by atoms with Crippen LogP contribution in [0.15, 0.2) is 48.5 Å². The van der Waals surface area contributed by atoms with Gasteiger partial charge in [-0.2, -0.15) is 0 Å². The van der Waals surface area contributed by atoms with Gasteiger partial charge >= 0.3 is 0 Å². The van der Waals surface area contributed by atoms with Gasteiger partial charge in [0.25, 0.3) is 11.8 Å². The Hall–Kier alpha value is -3.15. The van der Waals surface area contributed by atoms with Gasteiger partial charge in [0, 0.05) is 43.7 Å². The zero-order valence-corrected chi connectivity index (χ0v) is 17.4. The summed E-state index contributed by atoms with van der Waals surface area (Å²) in [7, 11) is 0. The first kappa shape index (κ1) is 21.6. The fourth-order valence-corrected chi connectivity index (χ4v) is 3.60. The lowest BCUT2D eigenvalue weighted by Gasteiger charge is -2.26. The summed E-state index contributed by atoms with van der Waals surface area (Å²) in [6, 6.07) is 14.8. The van der Waals surface area contributed by atoms with E-state index < -0.39 is 0 Å². The van der Waals surface area contributed by atoms with Crippen molar-refractivity contribution in [1.29, 1.82) is 0 Å². The van der Waals surface area contributed by atoms with Gasteiger partial charge in [0.1, 0.15) is 0 Å². The number of amides is 3. The zero-order valence-electron chi connectivity index (χ0n) is 17.4. The number of hydrogen-bond acceptors (Lipinski definition) is 3. The second-order valence-corrected chi connectivity index (χ2v) is 7.65. The minimum absolute atomic E-state index is 0.0572. The van der Waals surface area contributed by atoms with Crippen LogP contribution < -0.4 is 10.6 Å². The highest BCUT2D eigenvalue weighted by molar-refractivity contribution is 5.96. The average Bonchev–Trinajstić information content (AvgIpc) is 2.78. The number of hydrogen-bond donors (Lipinski definition) is 2. The molecular weight excluding hydrogens is 378 g/mol. The van der Waals surface area contributed by atoms with Crippen molar-refractivity contribution in [3.05, 3.63) is 70.8 Å². The first-order valence-electron chi connectivity index (χ1n) is 10.5. The van der Waals surface area contributed by atoms with Crippen molar-refractivity contribution in [1.82, 2.24) is 15.5 Å². The molecule has 0 aromatic heterocycles. The fourth-order valence-electron chi connectivity index (χ4n) is 3.60. The van der Waals surface area contributed by atoms with Gasteiger partial charge in [0.15, 0.2) is 0 Å². The quantitative estimate of drug-likeness (QED) is 0.740. The Morgan fingerprint density at radius 1 is 0.933 bits per heavy atom. The van der Waals surface area contributed by atoms with Gasteiger partial charge in [-0.15, -0.1) is 0 Å². The summed E-state index contributed by atoms with van der Waals surface area (Å²) < 4.78 is 0. The Kier molecular flexibility index (Phi) is 7.60. The Bertz CT molecular complexity index is 904. The van der Waals surface area contributed by atoms with Crippen molar-refractivity contribution in [2.75, 3.05) is 19.6 Å². The van der Waals surface area contributed by atoms with Gasteiger partial charge in [-0.3, -0.25) is 14.4 Å². The number of carbonyl (C=O) groups excluding carboxylic acids is 3. The fraction of sp³-hybridized carbons (Fsp3) is 0.375. The van der Waals surface area contributed by atoms with Crippen molar-refractivity contribution in [3.8, 4) is 0 Å². The van der Waals surface area contributed by atoms with Gasteiger partial charge in [-0.25, -0.2) is 0 Å². The van der Waals surface area contributed by atoms with E-state index in [0.29, 0.717) is 17.7 Å².